The molecule has 3 rings (SSSR count). The monoisotopic (exact) mass is 480 g/mol. The summed E-state index contributed by atoms with van der Waals surface area (Å²) in [6, 6.07) is 10.0. The summed E-state index contributed by atoms with van der Waals surface area (Å²) in [6.45, 7) is 3.47. The van der Waals surface area contributed by atoms with Crippen molar-refractivity contribution < 1.29 is 22.7 Å². The summed E-state index contributed by atoms with van der Waals surface area (Å²) in [5, 5.41) is 0.556. The molecule has 0 aliphatic carbocycles. The maximum absolute atomic E-state index is 13.5. The number of ether oxygens (including phenoxy) is 2. The summed E-state index contributed by atoms with van der Waals surface area (Å²) < 4.78 is 37.7. The number of carbonyl (C=O) groups excluding carboxylic acids is 1. The van der Waals surface area contributed by atoms with E-state index in [4.69, 9.17) is 21.1 Å². The Balaban J connectivity index is 2.11. The first kappa shape index (κ1) is 24.2. The van der Waals surface area contributed by atoms with Crippen molar-refractivity contribution in [2.24, 2.45) is 5.92 Å². The highest BCUT2D eigenvalue weighted by Gasteiger charge is 2.30. The Labute approximate surface area is 194 Å². The average molecular weight is 481 g/mol. The van der Waals surface area contributed by atoms with E-state index >= 15 is 0 Å². The minimum Gasteiger partial charge on any atom is -0.493 e. The zero-order chi connectivity index (χ0) is 23.5. The van der Waals surface area contributed by atoms with Crippen molar-refractivity contribution in [3.8, 4) is 11.5 Å². The maximum atomic E-state index is 13.5. The van der Waals surface area contributed by atoms with Gasteiger partial charge in [-0.1, -0.05) is 30.7 Å². The minimum atomic E-state index is -3.73. The third-order valence-electron chi connectivity index (χ3n) is 5.71. The summed E-state index contributed by atoms with van der Waals surface area (Å²) >= 11 is 5.98. The number of anilines is 1. The normalized spacial score (nSPS) is 14.8. The molecule has 1 heterocycles. The Kier molecular flexibility index (Phi) is 7.56. The van der Waals surface area contributed by atoms with Crippen molar-refractivity contribution in [2.75, 3.05) is 37.9 Å². The van der Waals surface area contributed by atoms with E-state index in [0.717, 1.165) is 24.7 Å². The SMILES string of the molecule is COc1cc(C(=O)N2CCC(C)CC2)c(N(Cc2ccc(Cl)cc2)S(C)(=O)=O)cc1OC. The van der Waals surface area contributed by atoms with E-state index in [0.29, 0.717) is 35.5 Å². The van der Waals surface area contributed by atoms with Crippen LogP contribution in [0.4, 0.5) is 5.69 Å². The molecule has 0 radical (unpaired) electrons. The summed E-state index contributed by atoms with van der Waals surface area (Å²) in [7, 11) is -0.779. The second-order valence-electron chi connectivity index (χ2n) is 8.10. The molecule has 2 aromatic carbocycles. The Morgan fingerprint density at radius 2 is 1.66 bits per heavy atom. The molecule has 0 aromatic heterocycles. The Bertz CT molecular complexity index is 1060. The lowest BCUT2D eigenvalue weighted by Crippen LogP contribution is -2.39. The number of carbonyl (C=O) groups is 1. The van der Waals surface area contributed by atoms with Crippen LogP contribution >= 0.6 is 11.6 Å². The highest BCUT2D eigenvalue weighted by Crippen LogP contribution is 2.38. The molecule has 0 saturated carbocycles. The molecule has 9 heteroatoms. The molecule has 0 N–H and O–H groups in total. The fourth-order valence-corrected chi connectivity index (χ4v) is 4.78. The van der Waals surface area contributed by atoms with Gasteiger partial charge in [-0.3, -0.25) is 9.10 Å². The number of benzene rings is 2. The molecule has 1 saturated heterocycles. The first-order chi connectivity index (χ1) is 15.1. The van der Waals surface area contributed by atoms with E-state index in [1.807, 2.05) is 0 Å². The maximum Gasteiger partial charge on any atom is 0.256 e. The molecular weight excluding hydrogens is 452 g/mol. The number of methoxy groups -OCH3 is 2. The number of nitrogens with zero attached hydrogens (tertiary/aromatic N) is 2. The summed E-state index contributed by atoms with van der Waals surface area (Å²) in [6.07, 6.45) is 2.94. The summed E-state index contributed by atoms with van der Waals surface area (Å²) in [4.78, 5) is 15.3. The predicted octanol–water partition coefficient (Wildman–Crippen LogP) is 4.20. The second kappa shape index (κ2) is 10.0. The van der Waals surface area contributed by atoms with Crippen molar-refractivity contribution >= 4 is 33.2 Å². The fourth-order valence-electron chi connectivity index (χ4n) is 3.76. The van der Waals surface area contributed by atoms with Gasteiger partial charge < -0.3 is 14.4 Å². The summed E-state index contributed by atoms with van der Waals surface area (Å²) in [5.74, 6) is 1.04. The number of amides is 1. The molecule has 1 fully saturated rings. The van der Waals surface area contributed by atoms with Crippen molar-refractivity contribution in [3.63, 3.8) is 0 Å². The van der Waals surface area contributed by atoms with Gasteiger partial charge in [0.15, 0.2) is 11.5 Å². The van der Waals surface area contributed by atoms with Crippen LogP contribution in [-0.4, -0.2) is 52.8 Å². The Morgan fingerprint density at radius 1 is 1.09 bits per heavy atom. The van der Waals surface area contributed by atoms with E-state index in [9.17, 15) is 13.2 Å². The lowest BCUT2D eigenvalue weighted by atomic mass is 9.98. The first-order valence-corrected chi connectivity index (χ1v) is 12.6. The molecular formula is C23H29ClN2O5S. The number of rotatable bonds is 7. The van der Waals surface area contributed by atoms with Gasteiger partial charge >= 0.3 is 0 Å². The van der Waals surface area contributed by atoms with Crippen LogP contribution in [0.25, 0.3) is 0 Å². The van der Waals surface area contributed by atoms with Crippen LogP contribution in [0, 0.1) is 5.92 Å². The molecule has 1 aliphatic heterocycles. The van der Waals surface area contributed by atoms with Gasteiger partial charge in [0.25, 0.3) is 5.91 Å². The van der Waals surface area contributed by atoms with Crippen molar-refractivity contribution in [1.82, 2.24) is 4.90 Å². The third kappa shape index (κ3) is 5.48. The first-order valence-electron chi connectivity index (χ1n) is 10.4. The van der Waals surface area contributed by atoms with Gasteiger partial charge in [0.1, 0.15) is 0 Å². The fraction of sp³-hybridized carbons (Fsp3) is 0.435. The van der Waals surface area contributed by atoms with Crippen LogP contribution in [0.5, 0.6) is 11.5 Å². The van der Waals surface area contributed by atoms with E-state index in [1.54, 1.807) is 41.3 Å². The number of halogens is 1. The van der Waals surface area contributed by atoms with Crippen molar-refractivity contribution in [3.05, 3.63) is 52.5 Å². The lowest BCUT2D eigenvalue weighted by molar-refractivity contribution is 0.0697. The number of hydrogen-bond donors (Lipinski definition) is 0. The molecule has 7 nitrogen and oxygen atoms in total. The number of hydrogen-bond acceptors (Lipinski definition) is 5. The molecule has 0 spiro atoms. The van der Waals surface area contributed by atoms with Gasteiger partial charge in [0.2, 0.25) is 10.0 Å². The standard InChI is InChI=1S/C23H29ClN2O5S/c1-16-9-11-25(12-10-16)23(27)19-13-21(30-2)22(31-3)14-20(19)26(32(4,28)29)15-17-5-7-18(24)8-6-17/h5-8,13-14,16H,9-12,15H2,1-4H3. The highest BCUT2D eigenvalue weighted by atomic mass is 35.5. The van der Waals surface area contributed by atoms with Crippen LogP contribution in [0.15, 0.2) is 36.4 Å². The zero-order valence-electron chi connectivity index (χ0n) is 18.8. The minimum absolute atomic E-state index is 0.0444. The van der Waals surface area contributed by atoms with Crippen LogP contribution in [0.3, 0.4) is 0 Å². The Hall–Kier alpha value is -2.45. The van der Waals surface area contributed by atoms with Crippen molar-refractivity contribution in [2.45, 2.75) is 26.3 Å². The molecule has 0 unspecified atom stereocenters. The number of likely N-dealkylation sites (tertiary alicyclic amines) is 1. The molecule has 1 aliphatic rings. The van der Waals surface area contributed by atoms with Gasteiger partial charge in [-0.05, 0) is 42.5 Å². The number of piperidine rings is 1. The van der Waals surface area contributed by atoms with E-state index < -0.39 is 10.0 Å². The second-order valence-corrected chi connectivity index (χ2v) is 10.4. The van der Waals surface area contributed by atoms with Gasteiger partial charge in [0.05, 0.1) is 38.3 Å². The van der Waals surface area contributed by atoms with Crippen LogP contribution in [0.1, 0.15) is 35.7 Å². The van der Waals surface area contributed by atoms with E-state index in [-0.39, 0.29) is 23.7 Å². The van der Waals surface area contributed by atoms with Crippen LogP contribution in [0.2, 0.25) is 5.02 Å². The lowest BCUT2D eigenvalue weighted by Gasteiger charge is -2.32. The molecule has 2 aromatic rings. The molecule has 0 atom stereocenters. The quantitative estimate of drug-likeness (QED) is 0.593. The average Bonchev–Trinajstić information content (AvgIpc) is 2.77. The molecule has 0 bridgehead atoms. The third-order valence-corrected chi connectivity index (χ3v) is 7.09. The Morgan fingerprint density at radius 3 is 2.19 bits per heavy atom. The molecule has 32 heavy (non-hydrogen) atoms. The number of sulfonamides is 1. The van der Waals surface area contributed by atoms with Gasteiger partial charge in [-0.15, -0.1) is 0 Å². The topological polar surface area (TPSA) is 76.2 Å². The predicted molar refractivity (Wildman–Crippen MR) is 126 cm³/mol. The van der Waals surface area contributed by atoms with Gasteiger partial charge in [0, 0.05) is 24.2 Å². The highest BCUT2D eigenvalue weighted by molar-refractivity contribution is 7.92. The van der Waals surface area contributed by atoms with Crippen LogP contribution in [-0.2, 0) is 16.6 Å². The smallest absolute Gasteiger partial charge is 0.256 e. The largest absolute Gasteiger partial charge is 0.493 e. The molecule has 174 valence electrons. The zero-order valence-corrected chi connectivity index (χ0v) is 20.4. The molecule has 1 amide bonds. The van der Waals surface area contributed by atoms with E-state index in [1.165, 1.54) is 18.5 Å². The van der Waals surface area contributed by atoms with E-state index in [2.05, 4.69) is 6.92 Å². The van der Waals surface area contributed by atoms with Gasteiger partial charge in [-0.25, -0.2) is 8.42 Å². The van der Waals surface area contributed by atoms with Gasteiger partial charge in [-0.2, -0.15) is 0 Å². The van der Waals surface area contributed by atoms with Crippen molar-refractivity contribution in [1.29, 1.82) is 0 Å². The summed E-state index contributed by atoms with van der Waals surface area (Å²) in [5.41, 5.74) is 1.25. The van der Waals surface area contributed by atoms with Crippen LogP contribution < -0.4 is 13.8 Å².